The molecule has 0 spiro atoms. The van der Waals surface area contributed by atoms with E-state index in [0.29, 0.717) is 24.4 Å². The molecule has 1 unspecified atom stereocenters. The molecular formula is C13H20N4O. The summed E-state index contributed by atoms with van der Waals surface area (Å²) in [5, 5.41) is 11.4. The smallest absolute Gasteiger partial charge is 0.236 e. The summed E-state index contributed by atoms with van der Waals surface area (Å²) in [6.07, 6.45) is 2.82. The van der Waals surface area contributed by atoms with Crippen molar-refractivity contribution in [2.45, 2.75) is 39.8 Å². The van der Waals surface area contributed by atoms with E-state index in [4.69, 9.17) is 4.42 Å². The maximum absolute atomic E-state index is 5.54. The first-order chi connectivity index (χ1) is 8.74. The fourth-order valence-electron chi connectivity index (χ4n) is 2.02. The minimum atomic E-state index is 0.318. The summed E-state index contributed by atoms with van der Waals surface area (Å²) in [6, 6.07) is 4.48. The summed E-state index contributed by atoms with van der Waals surface area (Å²) < 4.78 is 7.68. The van der Waals surface area contributed by atoms with Crippen molar-refractivity contribution in [2.75, 3.05) is 6.54 Å². The topological polar surface area (TPSA) is 55.9 Å². The fourth-order valence-corrected chi connectivity index (χ4v) is 2.02. The molecule has 0 saturated heterocycles. The van der Waals surface area contributed by atoms with Crippen LogP contribution >= 0.6 is 0 Å². The highest BCUT2D eigenvalue weighted by atomic mass is 16.4. The van der Waals surface area contributed by atoms with E-state index in [2.05, 4.69) is 40.0 Å². The van der Waals surface area contributed by atoms with Gasteiger partial charge >= 0.3 is 0 Å². The first-order valence-corrected chi connectivity index (χ1v) is 6.44. The van der Waals surface area contributed by atoms with Crippen LogP contribution in [0.4, 0.5) is 0 Å². The first kappa shape index (κ1) is 12.8. The predicted molar refractivity (Wildman–Crippen MR) is 69.3 cm³/mol. The Morgan fingerprint density at radius 3 is 2.78 bits per heavy atom. The monoisotopic (exact) mass is 248 g/mol. The molecule has 1 atom stereocenters. The molecule has 1 N–H and O–H groups in total. The number of aromatic nitrogens is 3. The Morgan fingerprint density at radius 2 is 2.11 bits per heavy atom. The molecule has 5 nitrogen and oxygen atoms in total. The van der Waals surface area contributed by atoms with Crippen LogP contribution in [0.15, 0.2) is 22.7 Å². The Bertz CT molecular complexity index is 489. The Hall–Kier alpha value is -1.62. The summed E-state index contributed by atoms with van der Waals surface area (Å²) in [5.74, 6) is 1.35. The molecular weight excluding hydrogens is 228 g/mol. The zero-order valence-electron chi connectivity index (χ0n) is 11.2. The zero-order valence-corrected chi connectivity index (χ0v) is 11.2. The summed E-state index contributed by atoms with van der Waals surface area (Å²) in [4.78, 5) is 0. The molecule has 5 heteroatoms. The Kier molecular flexibility index (Phi) is 4.15. The summed E-state index contributed by atoms with van der Waals surface area (Å²) >= 11 is 0. The highest BCUT2D eigenvalue weighted by molar-refractivity contribution is 5.12. The zero-order chi connectivity index (χ0) is 13.0. The van der Waals surface area contributed by atoms with Crippen molar-refractivity contribution >= 4 is 0 Å². The molecule has 0 radical (unpaired) electrons. The van der Waals surface area contributed by atoms with Crippen LogP contribution in [0.3, 0.4) is 0 Å². The Morgan fingerprint density at radius 1 is 1.33 bits per heavy atom. The second kappa shape index (κ2) is 5.82. The van der Waals surface area contributed by atoms with E-state index in [9.17, 15) is 0 Å². The molecule has 0 saturated carbocycles. The quantitative estimate of drug-likeness (QED) is 0.851. The molecule has 0 aliphatic carbocycles. The lowest BCUT2D eigenvalue weighted by Gasteiger charge is -2.15. The van der Waals surface area contributed by atoms with Crippen LogP contribution in [0.2, 0.25) is 0 Å². The van der Waals surface area contributed by atoms with Gasteiger partial charge in [-0.1, -0.05) is 13.8 Å². The summed E-state index contributed by atoms with van der Waals surface area (Å²) in [7, 11) is 0. The van der Waals surface area contributed by atoms with Gasteiger partial charge in [0, 0.05) is 24.4 Å². The number of hydrogen-bond donors (Lipinski definition) is 1. The maximum Gasteiger partial charge on any atom is 0.236 e. The van der Waals surface area contributed by atoms with Crippen molar-refractivity contribution in [1.82, 2.24) is 20.1 Å². The molecule has 18 heavy (non-hydrogen) atoms. The number of nitrogens with zero attached hydrogens (tertiary/aromatic N) is 3. The molecule has 2 heterocycles. The molecule has 0 aromatic carbocycles. The molecule has 0 amide bonds. The highest BCUT2D eigenvalue weighted by Crippen LogP contribution is 2.15. The van der Waals surface area contributed by atoms with Crippen LogP contribution in [-0.2, 0) is 13.0 Å². The average molecular weight is 248 g/mol. The van der Waals surface area contributed by atoms with Gasteiger partial charge in [0.1, 0.15) is 6.54 Å². The van der Waals surface area contributed by atoms with E-state index in [0.717, 1.165) is 13.0 Å². The van der Waals surface area contributed by atoms with Gasteiger partial charge in [0.25, 0.3) is 0 Å². The Balaban J connectivity index is 2.11. The third-order valence-electron chi connectivity index (χ3n) is 2.94. The van der Waals surface area contributed by atoms with Gasteiger partial charge in [-0.05, 0) is 25.6 Å². The van der Waals surface area contributed by atoms with Crippen LogP contribution in [0.1, 0.15) is 44.3 Å². The lowest BCUT2D eigenvalue weighted by Crippen LogP contribution is -2.20. The number of hydrogen-bond acceptors (Lipinski definition) is 4. The molecule has 2 aromatic heterocycles. The summed E-state index contributed by atoms with van der Waals surface area (Å²) in [6.45, 7) is 7.85. The van der Waals surface area contributed by atoms with Gasteiger partial charge in [-0.2, -0.15) is 0 Å². The molecule has 0 aliphatic heterocycles. The second-order valence-corrected chi connectivity index (χ2v) is 4.28. The minimum absolute atomic E-state index is 0.318. The van der Waals surface area contributed by atoms with E-state index in [1.807, 2.05) is 19.2 Å². The van der Waals surface area contributed by atoms with Gasteiger partial charge in [-0.15, -0.1) is 10.2 Å². The van der Waals surface area contributed by atoms with E-state index < -0.39 is 0 Å². The van der Waals surface area contributed by atoms with Crippen LogP contribution in [0.25, 0.3) is 0 Å². The second-order valence-electron chi connectivity index (χ2n) is 4.28. The van der Waals surface area contributed by atoms with Gasteiger partial charge in [0.2, 0.25) is 11.8 Å². The lowest BCUT2D eigenvalue weighted by molar-refractivity contribution is 0.435. The SMILES string of the molecule is CCNC(C)c1cccn1Cc1nnc(CC)o1. The number of rotatable bonds is 6. The standard InChI is InChI=1S/C13H20N4O/c1-4-12-15-16-13(18-12)9-17-8-6-7-11(17)10(3)14-5-2/h6-8,10,14H,4-5,9H2,1-3H3. The van der Waals surface area contributed by atoms with Gasteiger partial charge < -0.3 is 14.3 Å². The van der Waals surface area contributed by atoms with Gasteiger partial charge in [-0.25, -0.2) is 0 Å². The van der Waals surface area contributed by atoms with Crippen molar-refractivity contribution in [2.24, 2.45) is 0 Å². The third-order valence-corrected chi connectivity index (χ3v) is 2.94. The molecule has 2 rings (SSSR count). The van der Waals surface area contributed by atoms with Crippen LogP contribution in [0.5, 0.6) is 0 Å². The van der Waals surface area contributed by atoms with Crippen molar-refractivity contribution in [3.8, 4) is 0 Å². The molecule has 0 aliphatic rings. The normalized spacial score (nSPS) is 12.8. The maximum atomic E-state index is 5.54. The van der Waals surface area contributed by atoms with Crippen molar-refractivity contribution in [3.05, 3.63) is 35.8 Å². The van der Waals surface area contributed by atoms with Gasteiger partial charge in [0.05, 0.1) is 0 Å². The van der Waals surface area contributed by atoms with E-state index in [1.165, 1.54) is 5.69 Å². The van der Waals surface area contributed by atoms with Gasteiger partial charge in [-0.3, -0.25) is 0 Å². The third kappa shape index (κ3) is 2.79. The molecule has 2 aromatic rings. The van der Waals surface area contributed by atoms with Crippen molar-refractivity contribution in [1.29, 1.82) is 0 Å². The van der Waals surface area contributed by atoms with Crippen LogP contribution < -0.4 is 5.32 Å². The Labute approximate surface area is 107 Å². The predicted octanol–water partition coefficient (Wildman–Crippen LogP) is 2.15. The van der Waals surface area contributed by atoms with Crippen LogP contribution in [-0.4, -0.2) is 21.3 Å². The number of nitrogens with one attached hydrogen (secondary N) is 1. The van der Waals surface area contributed by atoms with E-state index in [1.54, 1.807) is 0 Å². The van der Waals surface area contributed by atoms with E-state index in [-0.39, 0.29) is 0 Å². The molecule has 98 valence electrons. The first-order valence-electron chi connectivity index (χ1n) is 6.44. The molecule has 0 fully saturated rings. The van der Waals surface area contributed by atoms with Gasteiger partial charge in [0.15, 0.2) is 0 Å². The fraction of sp³-hybridized carbons (Fsp3) is 0.538. The molecule has 0 bridgehead atoms. The van der Waals surface area contributed by atoms with E-state index >= 15 is 0 Å². The minimum Gasteiger partial charge on any atom is -0.423 e. The van der Waals surface area contributed by atoms with Crippen molar-refractivity contribution in [3.63, 3.8) is 0 Å². The van der Waals surface area contributed by atoms with Crippen LogP contribution in [0, 0.1) is 0 Å². The van der Waals surface area contributed by atoms with Crippen molar-refractivity contribution < 1.29 is 4.42 Å². The number of aryl methyl sites for hydroxylation is 1. The largest absolute Gasteiger partial charge is 0.423 e. The summed E-state index contributed by atoms with van der Waals surface area (Å²) in [5.41, 5.74) is 1.23. The average Bonchev–Trinajstić information content (AvgIpc) is 2.99. The highest BCUT2D eigenvalue weighted by Gasteiger charge is 2.11. The lowest BCUT2D eigenvalue weighted by atomic mass is 10.2.